The molecule has 1 heterocycles. The molecule has 0 saturated heterocycles. The average molecular weight is 265 g/mol. The second-order valence-electron chi connectivity index (χ2n) is 3.52. The van der Waals surface area contributed by atoms with Crippen LogP contribution in [0.5, 0.6) is 0 Å². The number of benzene rings is 1. The van der Waals surface area contributed by atoms with Crippen molar-refractivity contribution in [2.75, 3.05) is 0 Å². The SMILES string of the molecule is CCc1nc(-c2cccc(Br)c2)c(C)[nH]1. The van der Waals surface area contributed by atoms with Gasteiger partial charge in [0.05, 0.1) is 5.69 Å². The summed E-state index contributed by atoms with van der Waals surface area (Å²) in [6.45, 7) is 4.16. The maximum absolute atomic E-state index is 4.56. The molecule has 1 aromatic carbocycles. The third-order valence-corrected chi connectivity index (χ3v) is 2.86. The first-order valence-corrected chi connectivity index (χ1v) is 5.81. The van der Waals surface area contributed by atoms with Gasteiger partial charge in [-0.1, -0.05) is 35.0 Å². The predicted molar refractivity (Wildman–Crippen MR) is 65.8 cm³/mol. The van der Waals surface area contributed by atoms with Gasteiger partial charge in [-0.05, 0) is 19.1 Å². The third kappa shape index (κ3) is 2.12. The van der Waals surface area contributed by atoms with Crippen LogP contribution in [0.3, 0.4) is 0 Å². The highest BCUT2D eigenvalue weighted by molar-refractivity contribution is 9.10. The molecule has 15 heavy (non-hydrogen) atoms. The minimum atomic E-state index is 0.939. The smallest absolute Gasteiger partial charge is 0.106 e. The van der Waals surface area contributed by atoms with Gasteiger partial charge in [0.25, 0.3) is 0 Å². The Morgan fingerprint density at radius 2 is 2.20 bits per heavy atom. The summed E-state index contributed by atoms with van der Waals surface area (Å²) in [5, 5.41) is 0. The van der Waals surface area contributed by atoms with Crippen LogP contribution in [-0.4, -0.2) is 9.97 Å². The summed E-state index contributed by atoms with van der Waals surface area (Å²) in [5.74, 6) is 1.04. The Kier molecular flexibility index (Phi) is 2.91. The summed E-state index contributed by atoms with van der Waals surface area (Å²) in [7, 11) is 0. The lowest BCUT2D eigenvalue weighted by atomic mass is 10.1. The van der Waals surface area contributed by atoms with Crippen LogP contribution in [0.15, 0.2) is 28.7 Å². The zero-order chi connectivity index (χ0) is 10.8. The van der Waals surface area contributed by atoms with E-state index in [1.54, 1.807) is 0 Å². The van der Waals surface area contributed by atoms with E-state index in [1.165, 1.54) is 0 Å². The van der Waals surface area contributed by atoms with Crippen LogP contribution >= 0.6 is 15.9 Å². The van der Waals surface area contributed by atoms with Crippen LogP contribution in [-0.2, 0) is 6.42 Å². The summed E-state index contributed by atoms with van der Waals surface area (Å²) >= 11 is 3.47. The molecule has 0 spiro atoms. The van der Waals surface area contributed by atoms with E-state index >= 15 is 0 Å². The Labute approximate surface area is 97.9 Å². The van der Waals surface area contributed by atoms with E-state index in [0.29, 0.717) is 0 Å². The molecule has 0 aliphatic carbocycles. The van der Waals surface area contributed by atoms with Crippen molar-refractivity contribution < 1.29 is 0 Å². The fraction of sp³-hybridized carbons (Fsp3) is 0.250. The summed E-state index contributed by atoms with van der Waals surface area (Å²) < 4.78 is 1.08. The summed E-state index contributed by atoms with van der Waals surface area (Å²) in [6, 6.07) is 8.21. The Hall–Kier alpha value is -1.09. The quantitative estimate of drug-likeness (QED) is 0.881. The first-order valence-electron chi connectivity index (χ1n) is 5.02. The minimum absolute atomic E-state index is 0.939. The number of hydrogen-bond acceptors (Lipinski definition) is 1. The molecule has 1 aromatic heterocycles. The van der Waals surface area contributed by atoms with Crippen LogP contribution < -0.4 is 0 Å². The van der Waals surface area contributed by atoms with Crippen LogP contribution in [0.25, 0.3) is 11.3 Å². The number of nitrogens with one attached hydrogen (secondary N) is 1. The first kappa shape index (κ1) is 10.4. The van der Waals surface area contributed by atoms with Gasteiger partial charge in [0, 0.05) is 22.2 Å². The summed E-state index contributed by atoms with van der Waals surface area (Å²) in [5.41, 5.74) is 3.33. The van der Waals surface area contributed by atoms with Gasteiger partial charge in [-0.25, -0.2) is 4.98 Å². The topological polar surface area (TPSA) is 28.7 Å². The van der Waals surface area contributed by atoms with E-state index in [2.05, 4.69) is 51.9 Å². The number of aryl methyl sites for hydroxylation is 2. The van der Waals surface area contributed by atoms with Crippen molar-refractivity contribution in [1.82, 2.24) is 9.97 Å². The maximum atomic E-state index is 4.56. The molecule has 0 unspecified atom stereocenters. The highest BCUT2D eigenvalue weighted by atomic mass is 79.9. The average Bonchev–Trinajstić information content (AvgIpc) is 2.60. The Morgan fingerprint density at radius 3 is 2.80 bits per heavy atom. The largest absolute Gasteiger partial charge is 0.346 e. The zero-order valence-electron chi connectivity index (χ0n) is 8.84. The van der Waals surface area contributed by atoms with E-state index in [9.17, 15) is 0 Å². The van der Waals surface area contributed by atoms with Crippen molar-refractivity contribution in [2.45, 2.75) is 20.3 Å². The summed E-state index contributed by atoms with van der Waals surface area (Å²) in [4.78, 5) is 7.85. The molecule has 0 aliphatic rings. The van der Waals surface area contributed by atoms with Crippen LogP contribution in [0, 0.1) is 6.92 Å². The molecule has 78 valence electrons. The molecule has 0 bridgehead atoms. The monoisotopic (exact) mass is 264 g/mol. The second-order valence-corrected chi connectivity index (χ2v) is 4.44. The first-order chi connectivity index (χ1) is 7.20. The van der Waals surface area contributed by atoms with Gasteiger partial charge in [-0.2, -0.15) is 0 Å². The molecule has 2 aromatic rings. The number of rotatable bonds is 2. The van der Waals surface area contributed by atoms with Gasteiger partial charge in [0.2, 0.25) is 0 Å². The number of hydrogen-bond donors (Lipinski definition) is 1. The van der Waals surface area contributed by atoms with Crippen LogP contribution in [0.1, 0.15) is 18.4 Å². The van der Waals surface area contributed by atoms with Crippen molar-refractivity contribution >= 4 is 15.9 Å². The zero-order valence-corrected chi connectivity index (χ0v) is 10.4. The maximum Gasteiger partial charge on any atom is 0.106 e. The molecule has 0 radical (unpaired) electrons. The van der Waals surface area contributed by atoms with Gasteiger partial charge in [-0.3, -0.25) is 0 Å². The van der Waals surface area contributed by atoms with Crippen molar-refractivity contribution in [3.05, 3.63) is 40.3 Å². The van der Waals surface area contributed by atoms with Crippen molar-refractivity contribution in [2.24, 2.45) is 0 Å². The normalized spacial score (nSPS) is 10.6. The van der Waals surface area contributed by atoms with Gasteiger partial charge >= 0.3 is 0 Å². The molecule has 0 saturated carbocycles. The molecular weight excluding hydrogens is 252 g/mol. The van der Waals surface area contributed by atoms with E-state index < -0.39 is 0 Å². The fourth-order valence-corrected chi connectivity index (χ4v) is 2.01. The third-order valence-electron chi connectivity index (χ3n) is 2.37. The van der Waals surface area contributed by atoms with Crippen LogP contribution in [0.4, 0.5) is 0 Å². The number of halogens is 1. The van der Waals surface area contributed by atoms with Crippen molar-refractivity contribution in [3.8, 4) is 11.3 Å². The molecule has 2 nitrogen and oxygen atoms in total. The molecule has 0 amide bonds. The number of H-pyrrole nitrogens is 1. The lowest BCUT2D eigenvalue weighted by Gasteiger charge is -1.98. The van der Waals surface area contributed by atoms with Crippen molar-refractivity contribution in [1.29, 1.82) is 0 Å². The van der Waals surface area contributed by atoms with Gasteiger partial charge in [0.1, 0.15) is 5.82 Å². The molecule has 0 fully saturated rings. The molecule has 0 atom stereocenters. The molecular formula is C12H13BrN2. The van der Waals surface area contributed by atoms with E-state index in [4.69, 9.17) is 0 Å². The number of aromatic nitrogens is 2. The molecule has 1 N–H and O–H groups in total. The van der Waals surface area contributed by atoms with Gasteiger partial charge < -0.3 is 4.98 Å². The lowest BCUT2D eigenvalue weighted by Crippen LogP contribution is -1.82. The number of aromatic amines is 1. The summed E-state index contributed by atoms with van der Waals surface area (Å²) in [6.07, 6.45) is 0.939. The second kappa shape index (κ2) is 4.19. The predicted octanol–water partition coefficient (Wildman–Crippen LogP) is 3.71. The van der Waals surface area contributed by atoms with E-state index in [1.807, 2.05) is 12.1 Å². The highest BCUT2D eigenvalue weighted by Gasteiger charge is 2.07. The van der Waals surface area contributed by atoms with E-state index in [0.717, 1.165) is 33.7 Å². The lowest BCUT2D eigenvalue weighted by molar-refractivity contribution is 0.982. The van der Waals surface area contributed by atoms with E-state index in [-0.39, 0.29) is 0 Å². The Morgan fingerprint density at radius 1 is 1.40 bits per heavy atom. The van der Waals surface area contributed by atoms with Gasteiger partial charge in [0.15, 0.2) is 0 Å². The van der Waals surface area contributed by atoms with Crippen LogP contribution in [0.2, 0.25) is 0 Å². The minimum Gasteiger partial charge on any atom is -0.346 e. The molecule has 0 aliphatic heterocycles. The number of nitrogens with zero attached hydrogens (tertiary/aromatic N) is 1. The number of imidazole rings is 1. The fourth-order valence-electron chi connectivity index (χ4n) is 1.61. The highest BCUT2D eigenvalue weighted by Crippen LogP contribution is 2.24. The Bertz CT molecular complexity index is 474. The molecule has 3 heteroatoms. The Balaban J connectivity index is 2.48. The van der Waals surface area contributed by atoms with Crippen molar-refractivity contribution in [3.63, 3.8) is 0 Å². The standard InChI is InChI=1S/C12H13BrN2/c1-3-11-14-8(2)12(15-11)9-5-4-6-10(13)7-9/h4-7H,3H2,1-2H3,(H,14,15). The molecule has 2 rings (SSSR count). The van der Waals surface area contributed by atoms with Gasteiger partial charge in [-0.15, -0.1) is 0 Å².